The van der Waals surface area contributed by atoms with Gasteiger partial charge in [0.2, 0.25) is 0 Å². The SMILES string of the molecule is COc1ccc(/C=N\NC(=O)c2cc3cc(Br)ccc3o2)cc1Br. The van der Waals surface area contributed by atoms with Crippen LogP contribution in [0, 0.1) is 0 Å². The summed E-state index contributed by atoms with van der Waals surface area (Å²) in [5, 5.41) is 4.79. The molecule has 1 N–H and O–H groups in total. The van der Waals surface area contributed by atoms with E-state index in [0.29, 0.717) is 5.58 Å². The van der Waals surface area contributed by atoms with Crippen LogP contribution in [0.25, 0.3) is 11.0 Å². The molecule has 24 heavy (non-hydrogen) atoms. The molecule has 0 aliphatic heterocycles. The van der Waals surface area contributed by atoms with E-state index < -0.39 is 5.91 Å². The molecule has 122 valence electrons. The number of carbonyl (C=O) groups excluding carboxylic acids is 1. The van der Waals surface area contributed by atoms with Crippen molar-refractivity contribution in [2.45, 2.75) is 0 Å². The van der Waals surface area contributed by atoms with Crippen molar-refractivity contribution in [1.29, 1.82) is 0 Å². The number of benzene rings is 2. The van der Waals surface area contributed by atoms with Gasteiger partial charge in [0.25, 0.3) is 0 Å². The maximum atomic E-state index is 12.1. The number of methoxy groups -OCH3 is 1. The molecule has 0 aliphatic rings. The molecule has 0 unspecified atom stereocenters. The Morgan fingerprint density at radius 3 is 2.79 bits per heavy atom. The molecule has 0 fully saturated rings. The highest BCUT2D eigenvalue weighted by atomic mass is 79.9. The van der Waals surface area contributed by atoms with Crippen molar-refractivity contribution in [3.63, 3.8) is 0 Å². The first kappa shape index (κ1) is 16.7. The Labute approximate surface area is 154 Å². The van der Waals surface area contributed by atoms with Crippen LogP contribution in [0.3, 0.4) is 0 Å². The molecule has 5 nitrogen and oxygen atoms in total. The summed E-state index contributed by atoms with van der Waals surface area (Å²) in [5.41, 5.74) is 3.91. The standard InChI is InChI=1S/C17H12Br2N2O3/c1-23-15-4-2-10(6-13(15)19)9-20-21-17(22)16-8-11-7-12(18)3-5-14(11)24-16/h2-9H,1H3,(H,21,22)/b20-9-. The van der Waals surface area contributed by atoms with Gasteiger partial charge in [-0.15, -0.1) is 0 Å². The highest BCUT2D eigenvalue weighted by Gasteiger charge is 2.11. The first-order chi connectivity index (χ1) is 11.6. The number of nitrogens with one attached hydrogen (secondary N) is 1. The fourth-order valence-corrected chi connectivity index (χ4v) is 3.05. The molecule has 3 rings (SSSR count). The van der Waals surface area contributed by atoms with Crippen LogP contribution in [0.15, 0.2) is 60.9 Å². The maximum Gasteiger partial charge on any atom is 0.307 e. The molecule has 0 bridgehead atoms. The number of nitrogens with zero attached hydrogens (tertiary/aromatic N) is 1. The summed E-state index contributed by atoms with van der Waals surface area (Å²) in [6, 6.07) is 12.7. The zero-order chi connectivity index (χ0) is 17.1. The lowest BCUT2D eigenvalue weighted by molar-refractivity contribution is 0.0929. The quantitative estimate of drug-likeness (QED) is 0.460. The zero-order valence-corrected chi connectivity index (χ0v) is 15.7. The van der Waals surface area contributed by atoms with Crippen molar-refractivity contribution in [2.75, 3.05) is 7.11 Å². The predicted octanol–water partition coefficient (Wildman–Crippen LogP) is 4.73. The number of furan rings is 1. The Hall–Kier alpha value is -2.12. The van der Waals surface area contributed by atoms with Gasteiger partial charge in [0.15, 0.2) is 5.76 Å². The Morgan fingerprint density at radius 1 is 1.21 bits per heavy atom. The summed E-state index contributed by atoms with van der Waals surface area (Å²) in [7, 11) is 1.60. The Bertz CT molecular complexity index is 935. The molecular formula is C17H12Br2N2O3. The van der Waals surface area contributed by atoms with Crippen LogP contribution >= 0.6 is 31.9 Å². The second-order valence-electron chi connectivity index (χ2n) is 4.89. The number of rotatable bonds is 4. The summed E-state index contributed by atoms with van der Waals surface area (Å²) >= 11 is 6.78. The predicted molar refractivity (Wildman–Crippen MR) is 99.7 cm³/mol. The van der Waals surface area contributed by atoms with Crippen LogP contribution in [0.2, 0.25) is 0 Å². The molecule has 0 saturated carbocycles. The average molecular weight is 452 g/mol. The maximum absolute atomic E-state index is 12.1. The smallest absolute Gasteiger partial charge is 0.307 e. The highest BCUT2D eigenvalue weighted by Crippen LogP contribution is 2.25. The molecule has 7 heteroatoms. The number of hydrogen-bond acceptors (Lipinski definition) is 4. The molecule has 0 radical (unpaired) electrons. The fourth-order valence-electron chi connectivity index (χ4n) is 2.11. The molecule has 3 aromatic rings. The van der Waals surface area contributed by atoms with E-state index in [0.717, 1.165) is 25.6 Å². The summed E-state index contributed by atoms with van der Waals surface area (Å²) in [6.07, 6.45) is 1.54. The summed E-state index contributed by atoms with van der Waals surface area (Å²) < 4.78 is 12.4. The lowest BCUT2D eigenvalue weighted by Crippen LogP contribution is -2.16. The minimum atomic E-state index is -0.411. The van der Waals surface area contributed by atoms with E-state index in [1.807, 2.05) is 30.3 Å². The molecule has 1 aromatic heterocycles. The second-order valence-corrected chi connectivity index (χ2v) is 6.66. The lowest BCUT2D eigenvalue weighted by Gasteiger charge is -2.03. The normalized spacial score (nSPS) is 11.1. The first-order valence-corrected chi connectivity index (χ1v) is 8.51. The third kappa shape index (κ3) is 3.68. The van der Waals surface area contributed by atoms with E-state index in [4.69, 9.17) is 9.15 Å². The molecule has 0 atom stereocenters. The van der Waals surface area contributed by atoms with Gasteiger partial charge >= 0.3 is 5.91 Å². The number of halogens is 2. The van der Waals surface area contributed by atoms with Crippen molar-refractivity contribution in [3.8, 4) is 5.75 Å². The van der Waals surface area contributed by atoms with Gasteiger partial charge in [-0.25, -0.2) is 5.43 Å². The second kappa shape index (κ2) is 7.19. The number of amides is 1. The van der Waals surface area contributed by atoms with Gasteiger partial charge < -0.3 is 9.15 Å². The van der Waals surface area contributed by atoms with Gasteiger partial charge in [-0.3, -0.25) is 4.79 Å². The Morgan fingerprint density at radius 2 is 2.04 bits per heavy atom. The molecule has 0 saturated heterocycles. The number of hydrazone groups is 1. The van der Waals surface area contributed by atoms with Crippen molar-refractivity contribution in [1.82, 2.24) is 5.43 Å². The zero-order valence-electron chi connectivity index (χ0n) is 12.5. The van der Waals surface area contributed by atoms with Gasteiger partial charge in [-0.2, -0.15) is 5.10 Å². The lowest BCUT2D eigenvalue weighted by atomic mass is 10.2. The van der Waals surface area contributed by atoms with Gasteiger partial charge in [-0.05, 0) is 64.0 Å². The topological polar surface area (TPSA) is 63.8 Å². The van der Waals surface area contributed by atoms with E-state index in [1.165, 1.54) is 0 Å². The first-order valence-electron chi connectivity index (χ1n) is 6.93. The Balaban J connectivity index is 1.71. The number of ether oxygens (including phenoxy) is 1. The van der Waals surface area contributed by atoms with Gasteiger partial charge in [0.05, 0.1) is 17.8 Å². The monoisotopic (exact) mass is 450 g/mol. The summed E-state index contributed by atoms with van der Waals surface area (Å²) in [5.74, 6) is 0.520. The Kier molecular flexibility index (Phi) is 5.01. The van der Waals surface area contributed by atoms with E-state index in [1.54, 1.807) is 25.5 Å². The number of fused-ring (bicyclic) bond motifs is 1. The molecule has 0 spiro atoms. The third-order valence-electron chi connectivity index (χ3n) is 3.26. The van der Waals surface area contributed by atoms with Crippen LogP contribution < -0.4 is 10.2 Å². The van der Waals surface area contributed by atoms with Crippen LogP contribution in [0.4, 0.5) is 0 Å². The van der Waals surface area contributed by atoms with Crippen molar-refractivity contribution in [3.05, 3.63) is 62.7 Å². The number of hydrogen-bond donors (Lipinski definition) is 1. The number of carbonyl (C=O) groups is 1. The van der Waals surface area contributed by atoms with Crippen molar-refractivity contribution >= 4 is 55.0 Å². The van der Waals surface area contributed by atoms with Crippen LogP contribution in [-0.4, -0.2) is 19.2 Å². The molecule has 1 heterocycles. The average Bonchev–Trinajstić information content (AvgIpc) is 2.98. The van der Waals surface area contributed by atoms with E-state index in [2.05, 4.69) is 42.4 Å². The molecule has 2 aromatic carbocycles. The third-order valence-corrected chi connectivity index (χ3v) is 4.37. The molecule has 1 amide bonds. The van der Waals surface area contributed by atoms with Crippen LogP contribution in [-0.2, 0) is 0 Å². The van der Waals surface area contributed by atoms with E-state index in [-0.39, 0.29) is 5.76 Å². The van der Waals surface area contributed by atoms with Crippen molar-refractivity contribution in [2.24, 2.45) is 5.10 Å². The van der Waals surface area contributed by atoms with E-state index >= 15 is 0 Å². The molecular weight excluding hydrogens is 440 g/mol. The van der Waals surface area contributed by atoms with E-state index in [9.17, 15) is 4.79 Å². The minimum absolute atomic E-state index is 0.205. The largest absolute Gasteiger partial charge is 0.496 e. The van der Waals surface area contributed by atoms with Crippen LogP contribution in [0.5, 0.6) is 5.75 Å². The van der Waals surface area contributed by atoms with Gasteiger partial charge in [-0.1, -0.05) is 15.9 Å². The molecule has 0 aliphatic carbocycles. The van der Waals surface area contributed by atoms with Gasteiger partial charge in [0, 0.05) is 9.86 Å². The minimum Gasteiger partial charge on any atom is -0.496 e. The summed E-state index contributed by atoms with van der Waals surface area (Å²) in [6.45, 7) is 0. The van der Waals surface area contributed by atoms with Crippen molar-refractivity contribution < 1.29 is 13.9 Å². The van der Waals surface area contributed by atoms with Crippen LogP contribution in [0.1, 0.15) is 16.1 Å². The van der Waals surface area contributed by atoms with Gasteiger partial charge in [0.1, 0.15) is 11.3 Å². The highest BCUT2D eigenvalue weighted by molar-refractivity contribution is 9.10. The summed E-state index contributed by atoms with van der Waals surface area (Å²) in [4.78, 5) is 12.1. The fraction of sp³-hybridized carbons (Fsp3) is 0.0588.